The Bertz CT molecular complexity index is 875. The fourth-order valence-corrected chi connectivity index (χ4v) is 2.89. The molecule has 0 aliphatic carbocycles. The molecule has 0 saturated carbocycles. The van der Waals surface area contributed by atoms with E-state index in [0.29, 0.717) is 18.7 Å². The van der Waals surface area contributed by atoms with Gasteiger partial charge in [-0.3, -0.25) is 14.9 Å². The quantitative estimate of drug-likeness (QED) is 0.687. The minimum Gasteiger partial charge on any atom is -0.378 e. The maximum absolute atomic E-state index is 12.5. The number of nitrogens with one attached hydrogen (secondary N) is 2. The summed E-state index contributed by atoms with van der Waals surface area (Å²) in [4.78, 5) is 16.6. The number of hydrogen-bond donors (Lipinski definition) is 2. The number of rotatable bonds is 7. The van der Waals surface area contributed by atoms with Crippen LogP contribution in [0.3, 0.4) is 0 Å². The van der Waals surface area contributed by atoms with Crippen LogP contribution in [0.4, 0.5) is 0 Å². The number of pyridine rings is 1. The highest BCUT2D eigenvalue weighted by molar-refractivity contribution is 5.95. The first-order valence-electron chi connectivity index (χ1n) is 8.49. The molecule has 26 heavy (non-hydrogen) atoms. The third kappa shape index (κ3) is 4.15. The Kier molecular flexibility index (Phi) is 5.76. The van der Waals surface area contributed by atoms with E-state index in [0.717, 1.165) is 34.5 Å². The van der Waals surface area contributed by atoms with Crippen LogP contribution in [0, 0.1) is 6.92 Å². The van der Waals surface area contributed by atoms with E-state index in [2.05, 4.69) is 20.5 Å². The van der Waals surface area contributed by atoms with Crippen molar-refractivity contribution >= 4 is 5.91 Å². The van der Waals surface area contributed by atoms with E-state index in [9.17, 15) is 4.79 Å². The lowest BCUT2D eigenvalue weighted by molar-refractivity contribution is 0.0954. The maximum Gasteiger partial charge on any atom is 0.251 e. The summed E-state index contributed by atoms with van der Waals surface area (Å²) >= 11 is 0. The molecular weight excluding hydrogens is 328 g/mol. The number of benzene rings is 1. The first kappa shape index (κ1) is 17.8. The fraction of sp³-hybridized carbons (Fsp3) is 0.250. The number of aryl methyl sites for hydroxylation is 1. The number of hydrogen-bond acceptors (Lipinski definition) is 4. The van der Waals surface area contributed by atoms with Crippen molar-refractivity contribution in [2.24, 2.45) is 0 Å². The minimum absolute atomic E-state index is 0.0924. The van der Waals surface area contributed by atoms with Crippen LogP contribution in [0.2, 0.25) is 0 Å². The number of aromatic nitrogens is 3. The lowest BCUT2D eigenvalue weighted by atomic mass is 10.0. The monoisotopic (exact) mass is 350 g/mol. The van der Waals surface area contributed by atoms with E-state index in [1.165, 1.54) is 0 Å². The molecule has 0 aliphatic rings. The molecular formula is C20H22N4O2. The molecule has 0 radical (unpaired) electrons. The molecule has 6 heteroatoms. The van der Waals surface area contributed by atoms with E-state index < -0.39 is 0 Å². The van der Waals surface area contributed by atoms with Gasteiger partial charge in [-0.1, -0.05) is 18.2 Å². The third-order valence-electron chi connectivity index (χ3n) is 4.14. The van der Waals surface area contributed by atoms with Gasteiger partial charge in [0.2, 0.25) is 0 Å². The van der Waals surface area contributed by atoms with E-state index in [-0.39, 0.29) is 5.91 Å². The highest BCUT2D eigenvalue weighted by Crippen LogP contribution is 2.27. The van der Waals surface area contributed by atoms with Crippen LogP contribution in [0.15, 0.2) is 48.8 Å². The van der Waals surface area contributed by atoms with Crippen molar-refractivity contribution in [3.63, 3.8) is 0 Å². The van der Waals surface area contributed by atoms with Gasteiger partial charge in [0.25, 0.3) is 5.91 Å². The maximum atomic E-state index is 12.5. The molecule has 0 fully saturated rings. The molecule has 2 aromatic heterocycles. The molecule has 1 amide bonds. The highest BCUT2D eigenvalue weighted by Gasteiger charge is 2.14. The minimum atomic E-state index is -0.0924. The number of nitrogens with zero attached hydrogens (tertiary/aromatic N) is 2. The average Bonchev–Trinajstić information content (AvgIpc) is 3.03. The van der Waals surface area contributed by atoms with Crippen LogP contribution in [0.25, 0.3) is 11.1 Å². The molecule has 0 spiro atoms. The Hall–Kier alpha value is -2.99. The van der Waals surface area contributed by atoms with Gasteiger partial charge in [-0.05, 0) is 42.7 Å². The number of carbonyl (C=O) groups excluding carboxylic acids is 1. The van der Waals surface area contributed by atoms with Gasteiger partial charge >= 0.3 is 0 Å². The van der Waals surface area contributed by atoms with Crippen LogP contribution in [-0.4, -0.2) is 34.7 Å². The lowest BCUT2D eigenvalue weighted by Crippen LogP contribution is -2.25. The van der Waals surface area contributed by atoms with Gasteiger partial charge < -0.3 is 10.1 Å². The topological polar surface area (TPSA) is 79.9 Å². The summed E-state index contributed by atoms with van der Waals surface area (Å²) in [5, 5.41) is 10.2. The Morgan fingerprint density at radius 3 is 2.92 bits per heavy atom. The Balaban J connectivity index is 1.71. The van der Waals surface area contributed by atoms with Gasteiger partial charge in [0, 0.05) is 42.9 Å². The lowest BCUT2D eigenvalue weighted by Gasteiger charge is -2.08. The van der Waals surface area contributed by atoms with Crippen LogP contribution in [-0.2, 0) is 17.8 Å². The second-order valence-electron chi connectivity index (χ2n) is 6.05. The molecule has 0 bridgehead atoms. The number of H-pyrrole nitrogens is 1. The molecule has 2 N–H and O–H groups in total. The van der Waals surface area contributed by atoms with Crippen LogP contribution < -0.4 is 5.32 Å². The normalized spacial score (nSPS) is 10.7. The summed E-state index contributed by atoms with van der Waals surface area (Å²) in [6, 6.07) is 11.5. The Morgan fingerprint density at radius 2 is 2.15 bits per heavy atom. The molecule has 0 unspecified atom stereocenters. The van der Waals surface area contributed by atoms with Crippen LogP contribution in [0.5, 0.6) is 0 Å². The molecule has 0 saturated heterocycles. The molecule has 3 aromatic rings. The SMILES string of the molecule is COCc1n[nH]c(C)c1-c1cccc(C(=O)NCCc2cccnc2)c1. The smallest absolute Gasteiger partial charge is 0.251 e. The molecule has 0 atom stereocenters. The Labute approximate surface area is 152 Å². The van der Waals surface area contributed by atoms with Gasteiger partial charge in [-0.2, -0.15) is 5.10 Å². The van der Waals surface area contributed by atoms with E-state index in [4.69, 9.17) is 4.74 Å². The van der Waals surface area contributed by atoms with Gasteiger partial charge in [-0.15, -0.1) is 0 Å². The van der Waals surface area contributed by atoms with Crippen molar-refractivity contribution in [1.29, 1.82) is 0 Å². The van der Waals surface area contributed by atoms with Crippen molar-refractivity contribution in [3.05, 3.63) is 71.3 Å². The number of methoxy groups -OCH3 is 1. The fourth-order valence-electron chi connectivity index (χ4n) is 2.89. The van der Waals surface area contributed by atoms with Crippen molar-refractivity contribution in [2.75, 3.05) is 13.7 Å². The zero-order chi connectivity index (χ0) is 18.4. The standard InChI is InChI=1S/C20H22N4O2/c1-14-19(18(13-26-2)24-23-14)16-6-3-7-17(11-16)20(25)22-10-8-15-5-4-9-21-12-15/h3-7,9,11-12H,8,10,13H2,1-2H3,(H,22,25)(H,23,24). The molecule has 2 heterocycles. The van der Waals surface area contributed by atoms with Gasteiger partial charge in [0.15, 0.2) is 0 Å². The van der Waals surface area contributed by atoms with Crippen LogP contribution >= 0.6 is 0 Å². The van der Waals surface area contributed by atoms with Crippen LogP contribution in [0.1, 0.15) is 27.3 Å². The summed E-state index contributed by atoms with van der Waals surface area (Å²) < 4.78 is 5.21. The van der Waals surface area contributed by atoms with Crippen molar-refractivity contribution in [1.82, 2.24) is 20.5 Å². The summed E-state index contributed by atoms with van der Waals surface area (Å²) in [6.45, 7) is 2.94. The number of carbonyl (C=O) groups is 1. The molecule has 134 valence electrons. The van der Waals surface area contributed by atoms with Crippen molar-refractivity contribution in [3.8, 4) is 11.1 Å². The number of ether oxygens (including phenoxy) is 1. The zero-order valence-electron chi connectivity index (χ0n) is 15.0. The van der Waals surface area contributed by atoms with Gasteiger partial charge in [0.05, 0.1) is 12.3 Å². The Morgan fingerprint density at radius 1 is 1.27 bits per heavy atom. The summed E-state index contributed by atoms with van der Waals surface area (Å²) in [7, 11) is 1.64. The molecule has 1 aromatic carbocycles. The number of amides is 1. The van der Waals surface area contributed by atoms with Gasteiger partial charge in [-0.25, -0.2) is 0 Å². The molecule has 0 aliphatic heterocycles. The first-order chi connectivity index (χ1) is 12.7. The summed E-state index contributed by atoms with van der Waals surface area (Å²) in [5.41, 5.74) is 5.43. The predicted octanol–water partition coefficient (Wildman–Crippen LogP) is 2.90. The molecule has 3 rings (SSSR count). The summed E-state index contributed by atoms with van der Waals surface area (Å²) in [6.07, 6.45) is 4.30. The van der Waals surface area contributed by atoms with Crippen molar-refractivity contribution in [2.45, 2.75) is 20.0 Å². The van der Waals surface area contributed by atoms with E-state index >= 15 is 0 Å². The predicted molar refractivity (Wildman–Crippen MR) is 99.7 cm³/mol. The molecule has 6 nitrogen and oxygen atoms in total. The third-order valence-corrected chi connectivity index (χ3v) is 4.14. The largest absolute Gasteiger partial charge is 0.378 e. The average molecular weight is 350 g/mol. The first-order valence-corrected chi connectivity index (χ1v) is 8.49. The zero-order valence-corrected chi connectivity index (χ0v) is 15.0. The van der Waals surface area contributed by atoms with E-state index in [1.54, 1.807) is 13.3 Å². The van der Waals surface area contributed by atoms with Crippen molar-refractivity contribution < 1.29 is 9.53 Å². The second kappa shape index (κ2) is 8.40. The highest BCUT2D eigenvalue weighted by atomic mass is 16.5. The number of aromatic amines is 1. The van der Waals surface area contributed by atoms with Gasteiger partial charge in [0.1, 0.15) is 0 Å². The summed E-state index contributed by atoms with van der Waals surface area (Å²) in [5.74, 6) is -0.0924. The van der Waals surface area contributed by atoms with E-state index in [1.807, 2.05) is 49.5 Å². The second-order valence-corrected chi connectivity index (χ2v) is 6.05.